The summed E-state index contributed by atoms with van der Waals surface area (Å²) in [5.41, 5.74) is 1.50. The highest BCUT2D eigenvalue weighted by molar-refractivity contribution is 7.46. The maximum absolute atomic E-state index is 10.8. The number of hydrogen-bond donors (Lipinski definition) is 2. The Morgan fingerprint density at radius 3 is 2.16 bits per heavy atom. The molecule has 0 amide bonds. The van der Waals surface area contributed by atoms with Gasteiger partial charge in [-0.1, -0.05) is 53.5 Å². The lowest BCUT2D eigenvalue weighted by molar-refractivity contribution is 0.283. The van der Waals surface area contributed by atoms with Crippen LogP contribution in [0.1, 0.15) is 0 Å². The van der Waals surface area contributed by atoms with Crippen molar-refractivity contribution in [1.29, 1.82) is 0 Å². The Morgan fingerprint density at radius 2 is 1.58 bits per heavy atom. The highest BCUT2D eigenvalue weighted by Crippen LogP contribution is 2.45. The summed E-state index contributed by atoms with van der Waals surface area (Å²) in [6.07, 6.45) is 0. The minimum Gasteiger partial charge on any atom is -0.403 e. The number of phosphoric acid groups is 1. The van der Waals surface area contributed by atoms with E-state index in [0.29, 0.717) is 5.56 Å². The molecule has 0 fully saturated rings. The van der Waals surface area contributed by atoms with E-state index in [1.54, 1.807) is 6.07 Å². The first-order chi connectivity index (χ1) is 8.88. The smallest absolute Gasteiger partial charge is 0.403 e. The van der Waals surface area contributed by atoms with Crippen LogP contribution in [-0.4, -0.2) is 9.79 Å². The van der Waals surface area contributed by atoms with Crippen LogP contribution in [0.5, 0.6) is 5.75 Å². The van der Waals surface area contributed by atoms with Crippen LogP contribution in [-0.2, 0) is 4.57 Å². The Bertz CT molecular complexity index is 640. The fourth-order valence-electron chi connectivity index (χ4n) is 1.57. The van der Waals surface area contributed by atoms with Gasteiger partial charge >= 0.3 is 7.82 Å². The van der Waals surface area contributed by atoms with Crippen LogP contribution in [0.3, 0.4) is 0 Å². The molecule has 2 aromatic rings. The van der Waals surface area contributed by atoms with Crippen LogP contribution < -0.4 is 4.52 Å². The highest BCUT2D eigenvalue weighted by atomic mass is 35.5. The summed E-state index contributed by atoms with van der Waals surface area (Å²) in [5.74, 6) is -0.153. The second-order valence-corrected chi connectivity index (χ2v) is 5.61. The van der Waals surface area contributed by atoms with E-state index in [2.05, 4.69) is 4.52 Å². The summed E-state index contributed by atoms with van der Waals surface area (Å²) >= 11 is 12.1. The number of benzene rings is 2. The SMILES string of the molecule is O=P(O)(O)Oc1ccc(-c2ccccc2)c(Cl)c1Cl. The molecule has 0 saturated heterocycles. The maximum Gasteiger partial charge on any atom is 0.524 e. The van der Waals surface area contributed by atoms with E-state index in [4.69, 9.17) is 33.0 Å². The standard InChI is InChI=1S/C12H9Cl2O4P/c13-11-9(8-4-2-1-3-5-8)6-7-10(12(11)14)18-19(15,16)17/h1-7H,(H2,15,16,17). The predicted octanol–water partition coefficient (Wildman–Crippen LogP) is 4.13. The van der Waals surface area contributed by atoms with Gasteiger partial charge in [0.25, 0.3) is 0 Å². The van der Waals surface area contributed by atoms with Gasteiger partial charge in [0.2, 0.25) is 0 Å². The quantitative estimate of drug-likeness (QED) is 0.835. The van der Waals surface area contributed by atoms with Gasteiger partial charge < -0.3 is 4.52 Å². The van der Waals surface area contributed by atoms with E-state index in [-0.39, 0.29) is 15.8 Å². The molecule has 100 valence electrons. The molecule has 7 heteroatoms. The third-order valence-electron chi connectivity index (χ3n) is 2.35. The van der Waals surface area contributed by atoms with E-state index in [0.717, 1.165) is 5.56 Å². The van der Waals surface area contributed by atoms with Crippen molar-refractivity contribution in [2.75, 3.05) is 0 Å². The molecule has 0 atom stereocenters. The second-order valence-electron chi connectivity index (χ2n) is 3.69. The topological polar surface area (TPSA) is 66.8 Å². The van der Waals surface area contributed by atoms with Crippen molar-refractivity contribution in [3.8, 4) is 16.9 Å². The molecule has 0 bridgehead atoms. The largest absolute Gasteiger partial charge is 0.524 e. The first kappa shape index (κ1) is 14.4. The minimum absolute atomic E-state index is 0.0358. The van der Waals surface area contributed by atoms with Gasteiger partial charge in [-0.15, -0.1) is 0 Å². The molecule has 19 heavy (non-hydrogen) atoms. The van der Waals surface area contributed by atoms with E-state index in [9.17, 15) is 4.57 Å². The van der Waals surface area contributed by atoms with Gasteiger partial charge in [0.05, 0.1) is 5.02 Å². The number of halogens is 2. The summed E-state index contributed by atoms with van der Waals surface area (Å²) < 4.78 is 15.2. The zero-order chi connectivity index (χ0) is 14.0. The summed E-state index contributed by atoms with van der Waals surface area (Å²) in [6.45, 7) is 0. The molecule has 0 saturated carbocycles. The van der Waals surface area contributed by atoms with Crippen LogP contribution in [0.4, 0.5) is 0 Å². The van der Waals surface area contributed by atoms with E-state index in [1.165, 1.54) is 6.07 Å². The first-order valence-corrected chi connectivity index (χ1v) is 7.45. The number of hydrogen-bond acceptors (Lipinski definition) is 2. The van der Waals surface area contributed by atoms with Crippen molar-refractivity contribution in [2.45, 2.75) is 0 Å². The zero-order valence-corrected chi connectivity index (χ0v) is 11.9. The van der Waals surface area contributed by atoms with Crippen LogP contribution in [0.25, 0.3) is 11.1 Å². The molecule has 0 heterocycles. The van der Waals surface area contributed by atoms with Gasteiger partial charge in [-0.2, -0.15) is 0 Å². The monoisotopic (exact) mass is 318 g/mol. The molecule has 0 aliphatic heterocycles. The molecule has 0 unspecified atom stereocenters. The van der Waals surface area contributed by atoms with Crippen molar-refractivity contribution in [1.82, 2.24) is 0 Å². The summed E-state index contributed by atoms with van der Waals surface area (Å²) in [4.78, 5) is 17.5. The van der Waals surface area contributed by atoms with E-state index in [1.807, 2.05) is 30.3 Å². The summed E-state index contributed by atoms with van der Waals surface area (Å²) in [6, 6.07) is 12.2. The molecular weight excluding hydrogens is 310 g/mol. The third kappa shape index (κ3) is 3.50. The fourth-order valence-corrected chi connectivity index (χ4v) is 2.50. The Labute approximate surface area is 119 Å². The van der Waals surface area contributed by atoms with Gasteiger partial charge in [-0.3, -0.25) is 9.79 Å². The Morgan fingerprint density at radius 1 is 0.947 bits per heavy atom. The normalized spacial score (nSPS) is 11.4. The lowest BCUT2D eigenvalue weighted by atomic mass is 10.1. The van der Waals surface area contributed by atoms with Crippen LogP contribution >= 0.6 is 31.0 Å². The molecule has 0 radical (unpaired) electrons. The molecule has 0 aliphatic rings. The average molecular weight is 319 g/mol. The molecule has 2 N–H and O–H groups in total. The van der Waals surface area contributed by atoms with Gasteiger partial charge in [-0.25, -0.2) is 4.57 Å². The highest BCUT2D eigenvalue weighted by Gasteiger charge is 2.20. The molecule has 2 aromatic carbocycles. The van der Waals surface area contributed by atoms with Crippen LogP contribution in [0.15, 0.2) is 42.5 Å². The van der Waals surface area contributed by atoms with Crippen molar-refractivity contribution in [3.05, 3.63) is 52.5 Å². The average Bonchev–Trinajstić information content (AvgIpc) is 2.35. The molecular formula is C12H9Cl2O4P. The Balaban J connectivity index is 2.47. The molecule has 4 nitrogen and oxygen atoms in total. The minimum atomic E-state index is -4.66. The van der Waals surface area contributed by atoms with E-state index < -0.39 is 7.82 Å². The Kier molecular flexibility index (Phi) is 4.19. The predicted molar refractivity (Wildman–Crippen MR) is 74.6 cm³/mol. The van der Waals surface area contributed by atoms with Gasteiger partial charge in [0.15, 0.2) is 5.75 Å². The molecule has 0 spiro atoms. The lowest BCUT2D eigenvalue weighted by Gasteiger charge is -2.12. The molecule has 2 rings (SSSR count). The summed E-state index contributed by atoms with van der Waals surface area (Å²) in [7, 11) is -4.66. The number of phosphoric ester groups is 1. The van der Waals surface area contributed by atoms with Crippen LogP contribution in [0.2, 0.25) is 10.0 Å². The third-order valence-corrected chi connectivity index (χ3v) is 3.65. The second kappa shape index (κ2) is 5.53. The van der Waals surface area contributed by atoms with Gasteiger partial charge in [-0.05, 0) is 17.7 Å². The van der Waals surface area contributed by atoms with Crippen molar-refractivity contribution < 1.29 is 18.9 Å². The lowest BCUT2D eigenvalue weighted by Crippen LogP contribution is -1.92. The molecule has 0 aromatic heterocycles. The van der Waals surface area contributed by atoms with E-state index >= 15 is 0 Å². The van der Waals surface area contributed by atoms with Gasteiger partial charge in [0, 0.05) is 5.56 Å². The van der Waals surface area contributed by atoms with Crippen LogP contribution in [0, 0.1) is 0 Å². The van der Waals surface area contributed by atoms with Crippen molar-refractivity contribution in [3.63, 3.8) is 0 Å². The molecule has 0 aliphatic carbocycles. The van der Waals surface area contributed by atoms with Gasteiger partial charge in [0.1, 0.15) is 5.02 Å². The Hall–Kier alpha value is -1.03. The maximum atomic E-state index is 10.8. The van der Waals surface area contributed by atoms with Crippen molar-refractivity contribution in [2.24, 2.45) is 0 Å². The number of rotatable bonds is 3. The zero-order valence-electron chi connectivity index (χ0n) is 9.46. The summed E-state index contributed by atoms with van der Waals surface area (Å²) in [5, 5.41) is 0.144. The van der Waals surface area contributed by atoms with Crippen molar-refractivity contribution >= 4 is 31.0 Å². The fraction of sp³-hybridized carbons (Fsp3) is 0. The first-order valence-electron chi connectivity index (χ1n) is 5.17.